The molecule has 0 spiro atoms. The minimum Gasteiger partial charge on any atom is -0.476 e. The van der Waals surface area contributed by atoms with Crippen molar-refractivity contribution >= 4 is 5.97 Å². The van der Waals surface area contributed by atoms with Crippen molar-refractivity contribution in [3.8, 4) is 5.75 Å². The number of aromatic carboxylic acids is 1. The molecule has 0 atom stereocenters. The number of aromatic nitrogens is 2. The predicted octanol–water partition coefficient (Wildman–Crippen LogP) is 0.319. The van der Waals surface area contributed by atoms with Gasteiger partial charge in [-0.25, -0.2) is 4.79 Å². The van der Waals surface area contributed by atoms with E-state index in [1.807, 2.05) is 0 Å². The molecule has 1 rings (SSSR count). The monoisotopic (exact) mass is 139 g/mol. The van der Waals surface area contributed by atoms with Gasteiger partial charge in [-0.3, -0.25) is 5.11 Å². The second-order valence-electron chi connectivity index (χ2n) is 1.58. The summed E-state index contributed by atoms with van der Waals surface area (Å²) in [6.07, 6.45) is 0.951. The molecule has 5 heteroatoms. The van der Waals surface area contributed by atoms with Gasteiger partial charge in [0.1, 0.15) is 0 Å². The lowest BCUT2D eigenvalue weighted by Gasteiger charge is -1.88. The first-order chi connectivity index (χ1) is 4.70. The molecule has 0 aliphatic carbocycles. The zero-order chi connectivity index (χ0) is 7.56. The maximum atomic E-state index is 10.4. The fourth-order valence-corrected chi connectivity index (χ4v) is 0.453. The van der Waals surface area contributed by atoms with Crippen molar-refractivity contribution in [1.29, 1.82) is 0 Å². The van der Waals surface area contributed by atoms with Crippen molar-refractivity contribution in [2.24, 2.45) is 0 Å². The Kier molecular flexibility index (Phi) is 1.49. The van der Waals surface area contributed by atoms with Crippen molar-refractivity contribution in [3.05, 3.63) is 18.0 Å². The summed E-state index contributed by atoms with van der Waals surface area (Å²) in [5.74, 6) is -1.70. The molecule has 0 aliphatic heterocycles. The van der Waals surface area contributed by atoms with Gasteiger partial charge in [0.05, 0.1) is 6.20 Å². The smallest absolute Gasteiger partial charge is 0.356 e. The van der Waals surface area contributed by atoms with E-state index < -0.39 is 11.7 Å². The summed E-state index contributed by atoms with van der Waals surface area (Å²) >= 11 is 0. The molecule has 0 aliphatic rings. The number of carbonyl (C=O) groups is 1. The Morgan fingerprint density at radius 3 is 2.70 bits per heavy atom. The van der Waals surface area contributed by atoms with Gasteiger partial charge in [0.2, 0.25) is 5.75 Å². The minimum atomic E-state index is -1.25. The lowest BCUT2D eigenvalue weighted by molar-refractivity contribution is 0.0688. The molecule has 0 unspecified atom stereocenters. The maximum absolute atomic E-state index is 10.4. The van der Waals surface area contributed by atoms with Gasteiger partial charge < -0.3 is 5.11 Å². The average Bonchev–Trinajstić information content (AvgIpc) is 1.88. The van der Waals surface area contributed by atoms with E-state index >= 15 is 0 Å². The van der Waals surface area contributed by atoms with Gasteiger partial charge in [-0.2, -0.15) is 5.10 Å². The molecule has 1 heterocycles. The fraction of sp³-hybridized carbons (Fsp3) is 0. The van der Waals surface area contributed by atoms with Gasteiger partial charge in [-0.05, 0) is 0 Å². The fourth-order valence-electron chi connectivity index (χ4n) is 0.453. The van der Waals surface area contributed by atoms with Crippen LogP contribution in [0.15, 0.2) is 12.3 Å². The highest BCUT2D eigenvalue weighted by atomic mass is 16.4. The molecule has 0 aromatic carbocycles. The van der Waals surface area contributed by atoms with Crippen LogP contribution in [0.25, 0.3) is 0 Å². The molecular formula is C5H3N2O3. The Labute approximate surface area is 56.0 Å². The van der Waals surface area contributed by atoms with Crippen molar-refractivity contribution in [2.45, 2.75) is 0 Å². The summed E-state index contributed by atoms with van der Waals surface area (Å²) in [4.78, 5) is 10.1. The topological polar surface area (TPSA) is 83.0 Å². The third-order valence-electron chi connectivity index (χ3n) is 0.849. The Morgan fingerprint density at radius 2 is 2.30 bits per heavy atom. The van der Waals surface area contributed by atoms with Crippen molar-refractivity contribution in [1.82, 2.24) is 10.2 Å². The SMILES string of the molecule is [O]c1cnnc(C(=O)O)c1. The summed E-state index contributed by atoms with van der Waals surface area (Å²) in [5.41, 5.74) is -0.326. The van der Waals surface area contributed by atoms with E-state index in [0.29, 0.717) is 0 Å². The first-order valence-corrected chi connectivity index (χ1v) is 2.43. The van der Waals surface area contributed by atoms with Crippen LogP contribution in [0.2, 0.25) is 0 Å². The average molecular weight is 139 g/mol. The molecule has 1 aromatic heterocycles. The van der Waals surface area contributed by atoms with Crippen LogP contribution in [0.4, 0.5) is 0 Å². The number of hydrogen-bond acceptors (Lipinski definition) is 3. The van der Waals surface area contributed by atoms with E-state index in [-0.39, 0.29) is 5.69 Å². The van der Waals surface area contributed by atoms with E-state index in [9.17, 15) is 9.90 Å². The Morgan fingerprint density at radius 1 is 1.60 bits per heavy atom. The first kappa shape index (κ1) is 6.47. The Hall–Kier alpha value is -1.65. The molecule has 0 saturated carbocycles. The van der Waals surface area contributed by atoms with Crippen LogP contribution in [-0.2, 0) is 5.11 Å². The van der Waals surface area contributed by atoms with Crippen molar-refractivity contribution in [2.75, 3.05) is 0 Å². The normalized spacial score (nSPS) is 9.20. The number of hydrogen-bond donors (Lipinski definition) is 1. The van der Waals surface area contributed by atoms with Crippen LogP contribution >= 0.6 is 0 Å². The largest absolute Gasteiger partial charge is 0.476 e. The highest BCUT2D eigenvalue weighted by Crippen LogP contribution is 2.05. The maximum Gasteiger partial charge on any atom is 0.356 e. The highest BCUT2D eigenvalue weighted by molar-refractivity contribution is 5.85. The third kappa shape index (κ3) is 1.19. The third-order valence-corrected chi connectivity index (χ3v) is 0.849. The zero-order valence-electron chi connectivity index (χ0n) is 4.81. The van der Waals surface area contributed by atoms with Crippen LogP contribution in [0, 0.1) is 0 Å². The van der Waals surface area contributed by atoms with E-state index in [4.69, 9.17) is 5.11 Å². The van der Waals surface area contributed by atoms with Gasteiger partial charge in [0, 0.05) is 6.07 Å². The van der Waals surface area contributed by atoms with Gasteiger partial charge in [-0.1, -0.05) is 0 Å². The van der Waals surface area contributed by atoms with Gasteiger partial charge >= 0.3 is 5.97 Å². The van der Waals surface area contributed by atoms with Crippen LogP contribution in [-0.4, -0.2) is 21.3 Å². The number of carboxylic acid groups (broad SMARTS) is 1. The predicted molar refractivity (Wildman–Crippen MR) is 29.1 cm³/mol. The summed E-state index contributed by atoms with van der Waals surface area (Å²) in [6.45, 7) is 0. The summed E-state index contributed by atoms with van der Waals surface area (Å²) in [7, 11) is 0. The van der Waals surface area contributed by atoms with Crippen LogP contribution < -0.4 is 0 Å². The lowest BCUT2D eigenvalue weighted by Crippen LogP contribution is -2.00. The lowest BCUT2D eigenvalue weighted by atomic mass is 10.4. The molecule has 1 radical (unpaired) electrons. The first-order valence-electron chi connectivity index (χ1n) is 2.43. The van der Waals surface area contributed by atoms with E-state index in [2.05, 4.69) is 10.2 Å². The second kappa shape index (κ2) is 2.30. The zero-order valence-corrected chi connectivity index (χ0v) is 4.81. The molecule has 1 aromatic rings. The molecule has 0 amide bonds. The van der Waals surface area contributed by atoms with Crippen molar-refractivity contribution < 1.29 is 15.0 Å². The van der Waals surface area contributed by atoms with Gasteiger partial charge in [-0.15, -0.1) is 5.10 Å². The molecule has 51 valence electrons. The Balaban J connectivity index is 3.07. The summed E-state index contributed by atoms with van der Waals surface area (Å²) in [5, 5.41) is 25.0. The van der Waals surface area contributed by atoms with Crippen molar-refractivity contribution in [3.63, 3.8) is 0 Å². The van der Waals surface area contributed by atoms with E-state index in [0.717, 1.165) is 12.3 Å². The van der Waals surface area contributed by atoms with Gasteiger partial charge in [0.15, 0.2) is 5.69 Å². The molecule has 0 fully saturated rings. The molecule has 0 bridgehead atoms. The molecule has 0 saturated heterocycles. The summed E-state index contributed by atoms with van der Waals surface area (Å²) in [6, 6.07) is 0.912. The second-order valence-corrected chi connectivity index (χ2v) is 1.58. The molecule has 10 heavy (non-hydrogen) atoms. The quantitative estimate of drug-likeness (QED) is 0.607. The number of carboxylic acids is 1. The highest BCUT2D eigenvalue weighted by Gasteiger charge is 2.05. The molecule has 5 nitrogen and oxygen atoms in total. The standard InChI is InChI=1S/C5H3N2O3/c8-3-1-4(5(9)10)7-6-2-3/h1-2H,(H,9,10). The number of rotatable bonds is 1. The molecule has 1 N–H and O–H groups in total. The summed E-state index contributed by atoms with van der Waals surface area (Å²) < 4.78 is 0. The van der Waals surface area contributed by atoms with Crippen LogP contribution in [0.1, 0.15) is 10.5 Å². The van der Waals surface area contributed by atoms with E-state index in [1.165, 1.54) is 0 Å². The van der Waals surface area contributed by atoms with Crippen LogP contribution in [0.3, 0.4) is 0 Å². The van der Waals surface area contributed by atoms with E-state index in [1.54, 1.807) is 0 Å². The Bertz CT molecular complexity index is 261. The molecular weight excluding hydrogens is 136 g/mol. The van der Waals surface area contributed by atoms with Gasteiger partial charge in [0.25, 0.3) is 0 Å². The number of nitrogens with zero attached hydrogens (tertiary/aromatic N) is 2. The van der Waals surface area contributed by atoms with Crippen LogP contribution in [0.5, 0.6) is 5.75 Å². The minimum absolute atomic E-state index is 0.326.